The van der Waals surface area contributed by atoms with Crippen LogP contribution in [0.5, 0.6) is 0 Å². The van der Waals surface area contributed by atoms with E-state index in [4.69, 9.17) is 11.6 Å². The van der Waals surface area contributed by atoms with Crippen molar-refractivity contribution in [3.8, 4) is 0 Å². The summed E-state index contributed by atoms with van der Waals surface area (Å²) >= 11 is 7.97. The lowest BCUT2D eigenvalue weighted by atomic mass is 10.2. The molecule has 0 amide bonds. The van der Waals surface area contributed by atoms with Crippen molar-refractivity contribution in [3.05, 3.63) is 0 Å². The van der Waals surface area contributed by atoms with Gasteiger partial charge in [0.2, 0.25) is 0 Å². The molecule has 13 heavy (non-hydrogen) atoms. The SMILES string of the molecule is CC(CCl)CS[Si](C)(C)C(C)(C)C. The molecule has 0 radical (unpaired) electrons. The average molecular weight is 239 g/mol. The molecule has 1 atom stereocenters. The second-order valence-electron chi connectivity index (χ2n) is 5.33. The van der Waals surface area contributed by atoms with Crippen LogP contribution < -0.4 is 0 Å². The van der Waals surface area contributed by atoms with E-state index >= 15 is 0 Å². The molecular formula is C10H23ClSSi. The van der Waals surface area contributed by atoms with Gasteiger partial charge in [0.25, 0.3) is 0 Å². The summed E-state index contributed by atoms with van der Waals surface area (Å²) in [6, 6.07) is 0. The molecule has 0 saturated carbocycles. The molecule has 0 spiro atoms. The molecule has 0 aliphatic rings. The highest BCUT2D eigenvalue weighted by Gasteiger charge is 2.35. The van der Waals surface area contributed by atoms with E-state index in [2.05, 4.69) is 52.0 Å². The molecule has 0 fully saturated rings. The lowest BCUT2D eigenvalue weighted by Gasteiger charge is -2.36. The molecule has 3 heteroatoms. The Morgan fingerprint density at radius 1 is 1.31 bits per heavy atom. The Morgan fingerprint density at radius 2 is 1.77 bits per heavy atom. The molecule has 0 saturated heterocycles. The summed E-state index contributed by atoms with van der Waals surface area (Å²) in [5, 5.41) is 0.490. The number of halogens is 1. The quantitative estimate of drug-likeness (QED) is 0.510. The van der Waals surface area contributed by atoms with Crippen molar-refractivity contribution in [1.82, 2.24) is 0 Å². The maximum absolute atomic E-state index is 5.80. The highest BCUT2D eigenvalue weighted by molar-refractivity contribution is 8.29. The third-order valence-electron chi connectivity index (χ3n) is 2.80. The van der Waals surface area contributed by atoms with Crippen LogP contribution in [0.1, 0.15) is 27.7 Å². The normalized spacial score (nSPS) is 15.9. The smallest absolute Gasteiger partial charge is 0.116 e. The minimum atomic E-state index is -1.13. The fourth-order valence-electron chi connectivity index (χ4n) is 0.612. The van der Waals surface area contributed by atoms with Crippen molar-refractivity contribution in [2.75, 3.05) is 11.6 Å². The minimum Gasteiger partial charge on any atom is -0.185 e. The fourth-order valence-corrected chi connectivity index (χ4v) is 5.50. The van der Waals surface area contributed by atoms with Gasteiger partial charge in [-0.25, -0.2) is 0 Å². The standard InChI is InChI=1S/C10H23ClSSi/c1-9(7-11)8-12-13(5,6)10(2,3)4/h9H,7-8H2,1-6H3. The van der Waals surface area contributed by atoms with E-state index in [9.17, 15) is 0 Å². The predicted molar refractivity (Wildman–Crippen MR) is 69.5 cm³/mol. The van der Waals surface area contributed by atoms with Crippen molar-refractivity contribution in [3.63, 3.8) is 0 Å². The van der Waals surface area contributed by atoms with E-state index in [0.717, 1.165) is 5.88 Å². The third-order valence-corrected chi connectivity index (χ3v) is 12.9. The van der Waals surface area contributed by atoms with Crippen LogP contribution in [-0.4, -0.2) is 18.9 Å². The van der Waals surface area contributed by atoms with Gasteiger partial charge >= 0.3 is 0 Å². The zero-order valence-electron chi connectivity index (χ0n) is 9.78. The number of rotatable bonds is 4. The molecule has 0 aliphatic heterocycles. The Kier molecular flexibility index (Phi) is 5.42. The van der Waals surface area contributed by atoms with Crippen LogP contribution in [0.2, 0.25) is 18.1 Å². The van der Waals surface area contributed by atoms with E-state index in [1.165, 1.54) is 5.75 Å². The first-order valence-corrected chi connectivity index (χ1v) is 10.1. The summed E-state index contributed by atoms with van der Waals surface area (Å²) in [6.45, 7) is 14.2. The van der Waals surface area contributed by atoms with Gasteiger partial charge < -0.3 is 0 Å². The largest absolute Gasteiger partial charge is 0.185 e. The highest BCUT2D eigenvalue weighted by Crippen LogP contribution is 2.43. The molecule has 0 rings (SSSR count). The maximum Gasteiger partial charge on any atom is 0.116 e. The van der Waals surface area contributed by atoms with E-state index < -0.39 is 7.22 Å². The molecule has 0 aromatic carbocycles. The third kappa shape index (κ3) is 4.75. The van der Waals surface area contributed by atoms with Gasteiger partial charge in [-0.1, -0.05) is 40.8 Å². The second-order valence-corrected chi connectivity index (χ2v) is 14.7. The summed E-state index contributed by atoms with van der Waals surface area (Å²) in [4.78, 5) is 0. The van der Waals surface area contributed by atoms with Crippen LogP contribution >= 0.6 is 22.8 Å². The Labute approximate surface area is 93.5 Å². The maximum atomic E-state index is 5.80. The van der Waals surface area contributed by atoms with Gasteiger partial charge in [-0.3, -0.25) is 0 Å². The minimum absolute atomic E-state index is 0.490. The molecule has 0 aliphatic carbocycles. The van der Waals surface area contributed by atoms with E-state index in [-0.39, 0.29) is 0 Å². The molecule has 0 heterocycles. The first kappa shape index (κ1) is 13.9. The van der Waals surface area contributed by atoms with Gasteiger partial charge in [0.1, 0.15) is 7.22 Å². The summed E-state index contributed by atoms with van der Waals surface area (Å²) in [7, 11) is -1.13. The Bertz CT molecular complexity index is 151. The molecule has 80 valence electrons. The van der Waals surface area contributed by atoms with Gasteiger partial charge in [-0.15, -0.1) is 11.6 Å². The van der Waals surface area contributed by atoms with Gasteiger partial charge in [0, 0.05) is 5.88 Å². The van der Waals surface area contributed by atoms with Crippen molar-refractivity contribution >= 4 is 30.0 Å². The first-order chi connectivity index (χ1) is 5.70. The second kappa shape index (κ2) is 5.08. The van der Waals surface area contributed by atoms with Crippen molar-refractivity contribution in [2.24, 2.45) is 5.92 Å². The number of hydrogen-bond donors (Lipinski definition) is 0. The van der Waals surface area contributed by atoms with Crippen LogP contribution in [0.4, 0.5) is 0 Å². The van der Waals surface area contributed by atoms with Crippen LogP contribution in [0.25, 0.3) is 0 Å². The Hall–Kier alpha value is 0.857. The number of alkyl halides is 1. The monoisotopic (exact) mass is 238 g/mol. The van der Waals surface area contributed by atoms with Crippen molar-refractivity contribution in [1.29, 1.82) is 0 Å². The molecule has 0 bridgehead atoms. The van der Waals surface area contributed by atoms with E-state index in [1.807, 2.05) is 0 Å². The van der Waals surface area contributed by atoms with E-state index in [1.54, 1.807) is 0 Å². The van der Waals surface area contributed by atoms with Gasteiger partial charge in [0.15, 0.2) is 0 Å². The topological polar surface area (TPSA) is 0 Å². The summed E-state index contributed by atoms with van der Waals surface area (Å²) in [6.07, 6.45) is 0. The van der Waals surface area contributed by atoms with E-state index in [0.29, 0.717) is 11.0 Å². The van der Waals surface area contributed by atoms with Crippen LogP contribution in [-0.2, 0) is 0 Å². The molecule has 0 aromatic heterocycles. The summed E-state index contributed by atoms with van der Waals surface area (Å²) in [5.74, 6) is 2.67. The first-order valence-electron chi connectivity index (χ1n) is 4.90. The fraction of sp³-hybridized carbons (Fsp3) is 1.00. The zero-order valence-corrected chi connectivity index (χ0v) is 12.4. The molecule has 1 unspecified atom stereocenters. The van der Waals surface area contributed by atoms with Crippen molar-refractivity contribution in [2.45, 2.75) is 45.8 Å². The molecule has 0 N–H and O–H groups in total. The van der Waals surface area contributed by atoms with Crippen molar-refractivity contribution < 1.29 is 0 Å². The van der Waals surface area contributed by atoms with Crippen LogP contribution in [0, 0.1) is 5.92 Å². The lowest BCUT2D eigenvalue weighted by molar-refractivity contribution is 0.733. The average Bonchev–Trinajstić information content (AvgIpc) is 1.98. The lowest BCUT2D eigenvalue weighted by Crippen LogP contribution is -2.34. The van der Waals surface area contributed by atoms with Crippen LogP contribution in [0.15, 0.2) is 0 Å². The molecular weight excluding hydrogens is 216 g/mol. The number of hydrogen-bond acceptors (Lipinski definition) is 1. The highest BCUT2D eigenvalue weighted by atomic mass is 35.5. The van der Waals surface area contributed by atoms with Gasteiger partial charge in [0.05, 0.1) is 0 Å². The summed E-state index contributed by atoms with van der Waals surface area (Å²) in [5.41, 5.74) is 0. The summed E-state index contributed by atoms with van der Waals surface area (Å²) < 4.78 is 0. The zero-order chi connectivity index (χ0) is 10.7. The van der Waals surface area contributed by atoms with Gasteiger partial charge in [-0.05, 0) is 16.7 Å². The predicted octanol–water partition coefficient (Wildman–Crippen LogP) is 4.60. The van der Waals surface area contributed by atoms with Crippen LogP contribution in [0.3, 0.4) is 0 Å². The molecule has 0 nitrogen and oxygen atoms in total. The Morgan fingerprint density at radius 3 is 2.08 bits per heavy atom. The molecule has 0 aromatic rings. The van der Waals surface area contributed by atoms with Gasteiger partial charge in [-0.2, -0.15) is 11.2 Å². The Balaban J connectivity index is 4.04.